The molecule has 6 heteroatoms. The minimum atomic E-state index is -0.481. The number of amides is 2. The highest BCUT2D eigenvalue weighted by Crippen LogP contribution is 2.37. The van der Waals surface area contributed by atoms with Crippen LogP contribution in [0.3, 0.4) is 0 Å². The van der Waals surface area contributed by atoms with E-state index in [-0.39, 0.29) is 17.5 Å². The highest BCUT2D eigenvalue weighted by atomic mass is 32.1. The summed E-state index contributed by atoms with van der Waals surface area (Å²) in [6, 6.07) is 16.8. The lowest BCUT2D eigenvalue weighted by atomic mass is 10.2. The number of carbonyl (C=O) groups excluding carboxylic acids is 2. The average Bonchev–Trinajstić information content (AvgIpc) is 3.24. The third-order valence-corrected chi connectivity index (χ3v) is 5.43. The van der Waals surface area contributed by atoms with Crippen molar-refractivity contribution < 1.29 is 14.0 Å². The van der Waals surface area contributed by atoms with Crippen molar-refractivity contribution in [2.45, 2.75) is 6.42 Å². The molecule has 0 saturated carbocycles. The molecule has 0 bridgehead atoms. The molecular weight excluding hydrogens is 351 g/mol. The van der Waals surface area contributed by atoms with Gasteiger partial charge in [0, 0.05) is 23.4 Å². The summed E-state index contributed by atoms with van der Waals surface area (Å²) in [5.74, 6) is -0.935. The fourth-order valence-corrected chi connectivity index (χ4v) is 4.01. The molecule has 2 amide bonds. The van der Waals surface area contributed by atoms with Gasteiger partial charge in [-0.05, 0) is 30.3 Å². The number of nitrogens with zero attached hydrogens (tertiary/aromatic N) is 1. The van der Waals surface area contributed by atoms with Crippen molar-refractivity contribution in [1.29, 1.82) is 0 Å². The summed E-state index contributed by atoms with van der Waals surface area (Å²) in [6.07, 6.45) is 0.714. The van der Waals surface area contributed by atoms with Crippen LogP contribution in [0.15, 0.2) is 60.7 Å². The normalized spacial score (nSPS) is 12.7. The van der Waals surface area contributed by atoms with Crippen molar-refractivity contribution in [1.82, 2.24) is 0 Å². The first-order valence-corrected chi connectivity index (χ1v) is 9.00. The summed E-state index contributed by atoms with van der Waals surface area (Å²) < 4.78 is 13.7. The molecule has 0 spiro atoms. The van der Waals surface area contributed by atoms with Crippen molar-refractivity contribution in [3.8, 4) is 0 Å². The van der Waals surface area contributed by atoms with Crippen molar-refractivity contribution >= 4 is 34.5 Å². The van der Waals surface area contributed by atoms with Crippen LogP contribution in [0.1, 0.15) is 24.9 Å². The fourth-order valence-electron chi connectivity index (χ4n) is 2.97. The van der Waals surface area contributed by atoms with E-state index in [1.54, 1.807) is 35.2 Å². The second-order valence-corrected chi connectivity index (χ2v) is 7.06. The zero-order chi connectivity index (χ0) is 18.1. The standard InChI is InChI=1S/C20H15FN2O2S/c21-14-8-4-5-9-15(14)22-19(24)18-12-16-17(26-18)10-11-23(16)20(25)13-6-2-1-3-7-13/h1-9,12H,10-11H2,(H,22,24). The molecule has 1 N–H and O–H groups in total. The third kappa shape index (κ3) is 2.99. The molecule has 130 valence electrons. The maximum atomic E-state index is 13.7. The number of nitrogens with one attached hydrogen (secondary N) is 1. The lowest BCUT2D eigenvalue weighted by Gasteiger charge is -2.16. The SMILES string of the molecule is O=C(Nc1ccccc1F)c1cc2c(s1)CCN2C(=O)c1ccccc1. The Labute approximate surface area is 153 Å². The van der Waals surface area contributed by atoms with Gasteiger partial charge in [0.1, 0.15) is 5.82 Å². The summed E-state index contributed by atoms with van der Waals surface area (Å²) in [7, 11) is 0. The van der Waals surface area contributed by atoms with Gasteiger partial charge in [0.2, 0.25) is 0 Å². The van der Waals surface area contributed by atoms with Crippen LogP contribution < -0.4 is 10.2 Å². The van der Waals surface area contributed by atoms with Crippen LogP contribution in [-0.4, -0.2) is 18.4 Å². The van der Waals surface area contributed by atoms with Gasteiger partial charge in [0.15, 0.2) is 0 Å². The number of benzene rings is 2. The summed E-state index contributed by atoms with van der Waals surface area (Å²) in [5, 5.41) is 2.58. The Bertz CT molecular complexity index is 984. The van der Waals surface area contributed by atoms with Crippen molar-refractivity contribution in [3.05, 3.63) is 81.8 Å². The van der Waals surface area contributed by atoms with E-state index < -0.39 is 5.82 Å². The number of hydrogen-bond acceptors (Lipinski definition) is 3. The maximum Gasteiger partial charge on any atom is 0.265 e. The molecule has 0 unspecified atom stereocenters. The first-order chi connectivity index (χ1) is 12.6. The lowest BCUT2D eigenvalue weighted by molar-refractivity contribution is 0.0986. The van der Waals surface area contributed by atoms with Gasteiger partial charge in [-0.15, -0.1) is 11.3 Å². The third-order valence-electron chi connectivity index (χ3n) is 4.25. The minimum Gasteiger partial charge on any atom is -0.319 e. The van der Waals surface area contributed by atoms with E-state index in [0.29, 0.717) is 23.4 Å². The number of hydrogen-bond donors (Lipinski definition) is 1. The van der Waals surface area contributed by atoms with Gasteiger partial charge in [-0.3, -0.25) is 9.59 Å². The van der Waals surface area contributed by atoms with E-state index in [4.69, 9.17) is 0 Å². The average molecular weight is 366 g/mol. The van der Waals surface area contributed by atoms with Crippen molar-refractivity contribution in [3.63, 3.8) is 0 Å². The Hall–Kier alpha value is -2.99. The van der Waals surface area contributed by atoms with Gasteiger partial charge in [-0.25, -0.2) is 4.39 Å². The topological polar surface area (TPSA) is 49.4 Å². The van der Waals surface area contributed by atoms with Gasteiger partial charge in [-0.2, -0.15) is 0 Å². The fraction of sp³-hybridized carbons (Fsp3) is 0.100. The molecule has 2 heterocycles. The van der Waals surface area contributed by atoms with E-state index in [9.17, 15) is 14.0 Å². The van der Waals surface area contributed by atoms with Crippen LogP contribution in [0.25, 0.3) is 0 Å². The van der Waals surface area contributed by atoms with Gasteiger partial charge in [-0.1, -0.05) is 30.3 Å². The van der Waals surface area contributed by atoms with Gasteiger partial charge in [0.25, 0.3) is 11.8 Å². The van der Waals surface area contributed by atoms with E-state index in [1.165, 1.54) is 23.5 Å². The van der Waals surface area contributed by atoms with Crippen molar-refractivity contribution in [2.75, 3.05) is 16.8 Å². The second kappa shape index (κ2) is 6.72. The van der Waals surface area contributed by atoms with E-state index in [0.717, 1.165) is 10.6 Å². The largest absolute Gasteiger partial charge is 0.319 e. The number of thiophene rings is 1. The first-order valence-electron chi connectivity index (χ1n) is 8.19. The molecule has 4 rings (SSSR count). The quantitative estimate of drug-likeness (QED) is 0.749. The molecule has 1 aromatic heterocycles. The maximum absolute atomic E-state index is 13.7. The Balaban J connectivity index is 1.56. The summed E-state index contributed by atoms with van der Waals surface area (Å²) in [4.78, 5) is 28.3. The second-order valence-electron chi connectivity index (χ2n) is 5.93. The van der Waals surface area contributed by atoms with Gasteiger partial charge < -0.3 is 10.2 Å². The van der Waals surface area contributed by atoms with Crippen molar-refractivity contribution in [2.24, 2.45) is 0 Å². The molecule has 1 aliphatic heterocycles. The van der Waals surface area contributed by atoms with Crippen LogP contribution >= 0.6 is 11.3 Å². The monoisotopic (exact) mass is 366 g/mol. The zero-order valence-corrected chi connectivity index (χ0v) is 14.6. The molecule has 4 nitrogen and oxygen atoms in total. The molecule has 0 saturated heterocycles. The van der Waals surface area contributed by atoms with Gasteiger partial charge >= 0.3 is 0 Å². The number of fused-ring (bicyclic) bond motifs is 1. The Morgan fingerprint density at radius 3 is 2.54 bits per heavy atom. The minimum absolute atomic E-state index is 0.0804. The molecule has 3 aromatic rings. The molecular formula is C20H15FN2O2S. The predicted octanol–water partition coefficient (Wildman–Crippen LogP) is 4.34. The van der Waals surface area contributed by atoms with Gasteiger partial charge in [0.05, 0.1) is 16.3 Å². The number of anilines is 2. The molecule has 0 radical (unpaired) electrons. The highest BCUT2D eigenvalue weighted by Gasteiger charge is 2.29. The van der Waals surface area contributed by atoms with Crippen LogP contribution in [0, 0.1) is 5.82 Å². The summed E-state index contributed by atoms with van der Waals surface area (Å²) in [5.41, 5.74) is 1.52. The van der Waals surface area contributed by atoms with Crippen LogP contribution in [0.2, 0.25) is 0 Å². The predicted molar refractivity (Wildman–Crippen MR) is 100 cm³/mol. The first kappa shape index (κ1) is 16.5. The van der Waals surface area contributed by atoms with Crippen LogP contribution in [-0.2, 0) is 6.42 Å². The van der Waals surface area contributed by atoms with Crippen LogP contribution in [0.4, 0.5) is 15.8 Å². The molecule has 26 heavy (non-hydrogen) atoms. The summed E-state index contributed by atoms with van der Waals surface area (Å²) in [6.45, 7) is 0.601. The number of halogens is 1. The zero-order valence-electron chi connectivity index (χ0n) is 13.7. The lowest BCUT2D eigenvalue weighted by Crippen LogP contribution is -2.28. The molecule has 0 fully saturated rings. The smallest absolute Gasteiger partial charge is 0.265 e. The van der Waals surface area contributed by atoms with E-state index in [1.807, 2.05) is 18.2 Å². The Kier molecular flexibility index (Phi) is 4.26. The van der Waals surface area contributed by atoms with E-state index in [2.05, 4.69) is 5.32 Å². The molecule has 0 aliphatic carbocycles. The molecule has 2 aromatic carbocycles. The number of para-hydroxylation sites is 1. The highest BCUT2D eigenvalue weighted by molar-refractivity contribution is 7.14. The number of rotatable bonds is 3. The number of carbonyl (C=O) groups is 2. The summed E-state index contributed by atoms with van der Waals surface area (Å²) >= 11 is 1.34. The van der Waals surface area contributed by atoms with E-state index >= 15 is 0 Å². The molecule has 0 atom stereocenters. The Morgan fingerprint density at radius 2 is 1.77 bits per heavy atom. The van der Waals surface area contributed by atoms with Crippen LogP contribution in [0.5, 0.6) is 0 Å². The molecule has 1 aliphatic rings. The Morgan fingerprint density at radius 1 is 1.04 bits per heavy atom.